The molecule has 1 N–H and O–H groups in total. The fraction of sp³-hybridized carbons (Fsp3) is 0.429. The molecule has 0 aliphatic carbocycles. The average Bonchev–Trinajstić information content (AvgIpc) is 3.35. The number of hydrogen-bond donors (Lipinski definition) is 1. The summed E-state index contributed by atoms with van der Waals surface area (Å²) in [5.41, 5.74) is 2.76. The first kappa shape index (κ1) is 27.8. The Balaban J connectivity index is 1.57. The summed E-state index contributed by atoms with van der Waals surface area (Å²) in [6.45, 7) is 6.60. The summed E-state index contributed by atoms with van der Waals surface area (Å²) in [4.78, 5) is 27.7. The lowest BCUT2D eigenvalue weighted by Crippen LogP contribution is -2.40. The smallest absolute Gasteiger partial charge is 0.254 e. The van der Waals surface area contributed by atoms with Crippen LogP contribution < -0.4 is 5.32 Å². The SMILES string of the molecule is CCCCCCc1ccc(C(=O)N(CCC(=O)Nc2nnc(-c3cccc(Cl)c3)s2)[C@H](C)CC)cc1. The Labute approximate surface area is 223 Å². The molecule has 3 aromatic rings. The summed E-state index contributed by atoms with van der Waals surface area (Å²) in [6, 6.07) is 15.3. The van der Waals surface area contributed by atoms with E-state index in [-0.39, 0.29) is 24.3 Å². The minimum Gasteiger partial charge on any atom is -0.335 e. The van der Waals surface area contributed by atoms with Crippen LogP contribution in [0.5, 0.6) is 0 Å². The Bertz CT molecular complexity index is 1130. The van der Waals surface area contributed by atoms with Crippen molar-refractivity contribution in [2.75, 3.05) is 11.9 Å². The molecule has 3 rings (SSSR count). The second kappa shape index (κ2) is 14.1. The van der Waals surface area contributed by atoms with E-state index in [0.29, 0.717) is 27.3 Å². The van der Waals surface area contributed by atoms with Gasteiger partial charge in [0.2, 0.25) is 11.0 Å². The van der Waals surface area contributed by atoms with Crippen LogP contribution in [0.4, 0.5) is 5.13 Å². The van der Waals surface area contributed by atoms with Crippen LogP contribution >= 0.6 is 22.9 Å². The van der Waals surface area contributed by atoms with Crippen LogP contribution in [-0.2, 0) is 11.2 Å². The number of nitrogens with zero attached hydrogens (tertiary/aromatic N) is 3. The van der Waals surface area contributed by atoms with Crippen molar-refractivity contribution in [3.8, 4) is 10.6 Å². The van der Waals surface area contributed by atoms with E-state index in [9.17, 15) is 9.59 Å². The van der Waals surface area contributed by atoms with Crippen LogP contribution in [0, 0.1) is 0 Å². The third kappa shape index (κ3) is 8.14. The molecule has 0 saturated carbocycles. The Morgan fingerprint density at radius 2 is 1.83 bits per heavy atom. The number of aryl methyl sites for hydroxylation is 1. The highest BCUT2D eigenvalue weighted by atomic mass is 35.5. The molecule has 2 amide bonds. The molecule has 36 heavy (non-hydrogen) atoms. The van der Waals surface area contributed by atoms with E-state index >= 15 is 0 Å². The van der Waals surface area contributed by atoms with Crippen molar-refractivity contribution in [2.45, 2.75) is 71.8 Å². The van der Waals surface area contributed by atoms with Crippen molar-refractivity contribution < 1.29 is 9.59 Å². The number of unbranched alkanes of at least 4 members (excludes halogenated alkanes) is 3. The van der Waals surface area contributed by atoms with Crippen molar-refractivity contribution >= 4 is 39.9 Å². The van der Waals surface area contributed by atoms with E-state index in [2.05, 4.69) is 22.4 Å². The van der Waals surface area contributed by atoms with Crippen LogP contribution in [0.15, 0.2) is 48.5 Å². The second-order valence-electron chi connectivity index (χ2n) is 8.98. The fourth-order valence-corrected chi connectivity index (χ4v) is 4.84. The molecule has 0 fully saturated rings. The normalized spacial score (nSPS) is 11.8. The van der Waals surface area contributed by atoms with Crippen molar-refractivity contribution in [1.82, 2.24) is 15.1 Å². The van der Waals surface area contributed by atoms with Gasteiger partial charge in [0, 0.05) is 35.2 Å². The van der Waals surface area contributed by atoms with Crippen LogP contribution in [0.2, 0.25) is 5.02 Å². The molecule has 0 bridgehead atoms. The standard InChI is InChI=1S/C28H35ClN4O2S/c1-4-6-7-8-10-21-13-15-22(16-14-21)27(35)33(20(3)5-2)18-17-25(34)30-28-32-31-26(36-28)23-11-9-12-24(29)19-23/h9,11-16,19-20H,4-8,10,17-18H2,1-3H3,(H,30,32,34)/t20-/m1/s1. The van der Waals surface area contributed by atoms with Gasteiger partial charge in [0.05, 0.1) is 0 Å². The topological polar surface area (TPSA) is 75.2 Å². The van der Waals surface area contributed by atoms with E-state index in [0.717, 1.165) is 18.4 Å². The molecule has 192 valence electrons. The van der Waals surface area contributed by atoms with E-state index in [4.69, 9.17) is 11.6 Å². The molecule has 0 radical (unpaired) electrons. The quantitative estimate of drug-likeness (QED) is 0.238. The largest absolute Gasteiger partial charge is 0.335 e. The summed E-state index contributed by atoms with van der Waals surface area (Å²) in [7, 11) is 0. The zero-order valence-electron chi connectivity index (χ0n) is 21.3. The number of nitrogens with one attached hydrogen (secondary N) is 1. The number of hydrogen-bond acceptors (Lipinski definition) is 5. The molecule has 0 spiro atoms. The van der Waals surface area contributed by atoms with Gasteiger partial charge in [-0.15, -0.1) is 10.2 Å². The summed E-state index contributed by atoms with van der Waals surface area (Å²) in [5, 5.41) is 12.8. The van der Waals surface area contributed by atoms with Crippen molar-refractivity contribution in [3.05, 3.63) is 64.7 Å². The van der Waals surface area contributed by atoms with E-state index in [1.54, 1.807) is 11.0 Å². The maximum Gasteiger partial charge on any atom is 0.254 e. The van der Waals surface area contributed by atoms with Crippen LogP contribution in [0.3, 0.4) is 0 Å². The summed E-state index contributed by atoms with van der Waals surface area (Å²) in [5.74, 6) is -0.249. The lowest BCUT2D eigenvalue weighted by atomic mass is 10.0. The Kier molecular flexibility index (Phi) is 10.9. The number of amides is 2. The van der Waals surface area contributed by atoms with Gasteiger partial charge in [-0.1, -0.05) is 80.3 Å². The number of carbonyl (C=O) groups is 2. The van der Waals surface area contributed by atoms with Crippen LogP contribution in [0.1, 0.15) is 75.2 Å². The minimum atomic E-state index is -0.202. The highest BCUT2D eigenvalue weighted by Gasteiger charge is 2.22. The predicted octanol–water partition coefficient (Wildman–Crippen LogP) is 7.25. The maximum absolute atomic E-state index is 13.3. The lowest BCUT2D eigenvalue weighted by molar-refractivity contribution is -0.116. The number of aromatic nitrogens is 2. The number of anilines is 1. The van der Waals surface area contributed by atoms with Crippen LogP contribution in [-0.4, -0.2) is 39.5 Å². The number of carbonyl (C=O) groups excluding carboxylic acids is 2. The maximum atomic E-state index is 13.3. The Morgan fingerprint density at radius 3 is 2.53 bits per heavy atom. The van der Waals surface area contributed by atoms with Crippen molar-refractivity contribution in [3.63, 3.8) is 0 Å². The molecule has 6 nitrogen and oxygen atoms in total. The molecule has 1 atom stereocenters. The third-order valence-corrected chi connectivity index (χ3v) is 7.35. The number of rotatable bonds is 13. The summed E-state index contributed by atoms with van der Waals surface area (Å²) < 4.78 is 0. The van der Waals surface area contributed by atoms with Gasteiger partial charge in [-0.2, -0.15) is 0 Å². The van der Waals surface area contributed by atoms with Gasteiger partial charge in [-0.3, -0.25) is 9.59 Å². The van der Waals surface area contributed by atoms with Gasteiger partial charge in [-0.05, 0) is 56.0 Å². The van der Waals surface area contributed by atoms with Crippen molar-refractivity contribution in [2.24, 2.45) is 0 Å². The summed E-state index contributed by atoms with van der Waals surface area (Å²) >= 11 is 7.34. The van der Waals surface area contributed by atoms with E-state index < -0.39 is 0 Å². The zero-order valence-corrected chi connectivity index (χ0v) is 22.9. The molecule has 1 aromatic heterocycles. The summed E-state index contributed by atoms with van der Waals surface area (Å²) in [6.07, 6.45) is 6.91. The number of halogens is 1. The molecular formula is C28H35ClN4O2S. The first-order valence-electron chi connectivity index (χ1n) is 12.7. The number of benzene rings is 2. The van der Waals surface area contributed by atoms with E-state index in [1.807, 2.05) is 56.3 Å². The Morgan fingerprint density at radius 1 is 1.06 bits per heavy atom. The third-order valence-electron chi connectivity index (χ3n) is 6.23. The van der Waals surface area contributed by atoms with Gasteiger partial charge in [-0.25, -0.2) is 0 Å². The van der Waals surface area contributed by atoms with Gasteiger partial charge in [0.25, 0.3) is 5.91 Å². The Hall–Kier alpha value is -2.77. The van der Waals surface area contributed by atoms with Gasteiger partial charge in [0.1, 0.15) is 5.01 Å². The monoisotopic (exact) mass is 526 g/mol. The van der Waals surface area contributed by atoms with Crippen molar-refractivity contribution in [1.29, 1.82) is 0 Å². The predicted molar refractivity (Wildman–Crippen MR) is 149 cm³/mol. The fourth-order valence-electron chi connectivity index (χ4n) is 3.89. The second-order valence-corrected chi connectivity index (χ2v) is 10.4. The molecule has 0 aliphatic heterocycles. The molecular weight excluding hydrogens is 492 g/mol. The van der Waals surface area contributed by atoms with Crippen LogP contribution in [0.25, 0.3) is 10.6 Å². The average molecular weight is 527 g/mol. The lowest BCUT2D eigenvalue weighted by Gasteiger charge is -2.28. The first-order chi connectivity index (χ1) is 17.4. The molecule has 8 heteroatoms. The van der Waals surface area contributed by atoms with Gasteiger partial charge >= 0.3 is 0 Å². The molecule has 0 saturated heterocycles. The zero-order chi connectivity index (χ0) is 25.9. The molecule has 0 unspecified atom stereocenters. The van der Waals surface area contributed by atoms with Gasteiger partial charge in [0.15, 0.2) is 0 Å². The first-order valence-corrected chi connectivity index (χ1v) is 13.9. The molecule has 0 aliphatic rings. The molecule has 2 aromatic carbocycles. The minimum absolute atomic E-state index is 0.0231. The molecule has 1 heterocycles. The van der Waals surface area contributed by atoms with E-state index in [1.165, 1.54) is 42.6 Å². The highest BCUT2D eigenvalue weighted by Crippen LogP contribution is 2.28. The highest BCUT2D eigenvalue weighted by molar-refractivity contribution is 7.18. The van der Waals surface area contributed by atoms with Gasteiger partial charge < -0.3 is 10.2 Å².